The molecule has 2 aromatic rings. The number of rotatable bonds is 6. The monoisotopic (exact) mass is 493 g/mol. The molecule has 0 N–H and O–H groups in total. The van der Waals surface area contributed by atoms with Gasteiger partial charge in [-0.25, -0.2) is 0 Å². The van der Waals surface area contributed by atoms with E-state index in [1.807, 2.05) is 6.07 Å². The standard InChI is InChI=1S/C26H34F3NO3Si/c1-24(2,3)34(6,7)32-14-8-9-18-12-13-30(23(31)15-18)21-17-25(4,5)33-22-11-10-19(16-20(21)22)26(27,28)29/h10-13,15-17H,8-9,14H2,1-7H3. The molecule has 0 unspecified atom stereocenters. The summed E-state index contributed by atoms with van der Waals surface area (Å²) in [5.74, 6) is 0.314. The molecule has 0 saturated carbocycles. The molecule has 2 heterocycles. The third-order valence-corrected chi connectivity index (χ3v) is 11.1. The van der Waals surface area contributed by atoms with Gasteiger partial charge < -0.3 is 9.16 Å². The molecule has 0 aliphatic carbocycles. The Kier molecular flexibility index (Phi) is 6.99. The minimum atomic E-state index is -4.49. The van der Waals surface area contributed by atoms with Crippen LogP contribution in [0.15, 0.2) is 47.4 Å². The van der Waals surface area contributed by atoms with Crippen molar-refractivity contribution in [2.75, 3.05) is 6.61 Å². The third kappa shape index (κ3) is 5.83. The van der Waals surface area contributed by atoms with Crippen LogP contribution in [0, 0.1) is 0 Å². The van der Waals surface area contributed by atoms with E-state index in [2.05, 4.69) is 33.9 Å². The molecule has 1 aliphatic rings. The number of alkyl halides is 3. The number of benzene rings is 1. The van der Waals surface area contributed by atoms with Gasteiger partial charge in [-0.3, -0.25) is 9.36 Å². The molecular formula is C26H34F3NO3Si. The van der Waals surface area contributed by atoms with Gasteiger partial charge >= 0.3 is 6.18 Å². The van der Waals surface area contributed by atoms with Crippen LogP contribution in [-0.4, -0.2) is 25.1 Å². The van der Waals surface area contributed by atoms with Gasteiger partial charge in [0.2, 0.25) is 0 Å². The zero-order valence-electron chi connectivity index (χ0n) is 21.0. The quantitative estimate of drug-likeness (QED) is 0.325. The SMILES string of the molecule is CC1(C)C=C(n2ccc(CCCO[Si](C)(C)C(C)(C)C)cc2=O)c2cc(C(F)(F)F)ccc2O1. The number of ether oxygens (including phenoxy) is 1. The van der Waals surface area contributed by atoms with Crippen LogP contribution in [0.5, 0.6) is 5.75 Å². The lowest BCUT2D eigenvalue weighted by Crippen LogP contribution is -2.41. The van der Waals surface area contributed by atoms with E-state index in [0.29, 0.717) is 24.5 Å². The summed E-state index contributed by atoms with van der Waals surface area (Å²) in [5, 5.41) is 0.140. The Balaban J connectivity index is 1.83. The minimum Gasteiger partial charge on any atom is -0.483 e. The summed E-state index contributed by atoms with van der Waals surface area (Å²) in [6, 6.07) is 6.73. The molecule has 0 radical (unpaired) electrons. The van der Waals surface area contributed by atoms with Crippen molar-refractivity contribution in [3.8, 4) is 5.75 Å². The molecule has 0 saturated heterocycles. The summed E-state index contributed by atoms with van der Waals surface area (Å²) in [6.45, 7) is 15.2. The number of halogens is 3. The van der Waals surface area contributed by atoms with Crippen molar-refractivity contribution in [2.24, 2.45) is 0 Å². The molecule has 8 heteroatoms. The van der Waals surface area contributed by atoms with E-state index < -0.39 is 25.7 Å². The molecule has 1 aromatic heterocycles. The van der Waals surface area contributed by atoms with Crippen molar-refractivity contribution in [1.29, 1.82) is 0 Å². The van der Waals surface area contributed by atoms with Crippen LogP contribution in [0.3, 0.4) is 0 Å². The van der Waals surface area contributed by atoms with Crippen molar-refractivity contribution in [1.82, 2.24) is 4.57 Å². The van der Waals surface area contributed by atoms with E-state index in [1.165, 1.54) is 10.6 Å². The zero-order valence-corrected chi connectivity index (χ0v) is 22.0. The van der Waals surface area contributed by atoms with E-state index in [0.717, 1.165) is 24.1 Å². The Bertz CT molecular complexity index is 1140. The lowest BCUT2D eigenvalue weighted by Gasteiger charge is -2.36. The second-order valence-electron chi connectivity index (χ2n) is 10.9. The molecule has 34 heavy (non-hydrogen) atoms. The van der Waals surface area contributed by atoms with Crippen molar-refractivity contribution in [2.45, 2.75) is 77.4 Å². The number of aryl methyl sites for hydroxylation is 1. The van der Waals surface area contributed by atoms with E-state index in [1.54, 1.807) is 32.2 Å². The average molecular weight is 494 g/mol. The van der Waals surface area contributed by atoms with Crippen LogP contribution >= 0.6 is 0 Å². The first-order valence-electron chi connectivity index (χ1n) is 11.5. The lowest BCUT2D eigenvalue weighted by molar-refractivity contribution is -0.137. The van der Waals surface area contributed by atoms with Crippen molar-refractivity contribution >= 4 is 14.0 Å². The van der Waals surface area contributed by atoms with Gasteiger partial charge in [-0.1, -0.05) is 20.8 Å². The van der Waals surface area contributed by atoms with Crippen LogP contribution < -0.4 is 10.3 Å². The predicted molar refractivity (Wildman–Crippen MR) is 132 cm³/mol. The first kappa shape index (κ1) is 26.3. The van der Waals surface area contributed by atoms with E-state index in [4.69, 9.17) is 9.16 Å². The lowest BCUT2D eigenvalue weighted by atomic mass is 9.97. The largest absolute Gasteiger partial charge is 0.483 e. The van der Waals surface area contributed by atoms with Crippen LogP contribution in [0.4, 0.5) is 13.2 Å². The normalized spacial score (nSPS) is 16.0. The Morgan fingerprint density at radius 3 is 2.35 bits per heavy atom. The van der Waals surface area contributed by atoms with Gasteiger partial charge in [0.05, 0.1) is 11.3 Å². The summed E-state index contributed by atoms with van der Waals surface area (Å²) in [5.41, 5.74) is -0.360. The number of hydrogen-bond acceptors (Lipinski definition) is 3. The fourth-order valence-corrected chi connectivity index (χ4v) is 4.70. The third-order valence-electron chi connectivity index (χ3n) is 6.56. The highest BCUT2D eigenvalue weighted by Gasteiger charge is 2.37. The van der Waals surface area contributed by atoms with Gasteiger partial charge in [0.15, 0.2) is 8.32 Å². The molecule has 0 bridgehead atoms. The summed E-state index contributed by atoms with van der Waals surface area (Å²) in [4.78, 5) is 13.0. The molecular weight excluding hydrogens is 459 g/mol. The number of aromatic nitrogens is 1. The second kappa shape index (κ2) is 9.04. The fraction of sp³-hybridized carbons (Fsp3) is 0.500. The van der Waals surface area contributed by atoms with Crippen molar-refractivity contribution in [3.63, 3.8) is 0 Å². The fourth-order valence-electron chi connectivity index (χ4n) is 3.61. The Labute approximate surface area is 200 Å². The van der Waals surface area contributed by atoms with Crippen LogP contribution in [-0.2, 0) is 17.0 Å². The number of fused-ring (bicyclic) bond motifs is 1. The van der Waals surface area contributed by atoms with Gasteiger partial charge in [0.1, 0.15) is 11.4 Å². The van der Waals surface area contributed by atoms with E-state index >= 15 is 0 Å². The maximum atomic E-state index is 13.3. The average Bonchev–Trinajstić information content (AvgIpc) is 2.68. The van der Waals surface area contributed by atoms with E-state index in [-0.39, 0.29) is 16.2 Å². The van der Waals surface area contributed by atoms with Crippen LogP contribution in [0.1, 0.15) is 57.7 Å². The first-order chi connectivity index (χ1) is 15.5. The maximum absolute atomic E-state index is 13.3. The first-order valence-corrected chi connectivity index (χ1v) is 14.4. The molecule has 0 fully saturated rings. The minimum absolute atomic E-state index is 0.140. The molecule has 186 valence electrons. The van der Waals surface area contributed by atoms with Crippen molar-refractivity contribution in [3.05, 3.63) is 69.6 Å². The smallest absolute Gasteiger partial charge is 0.416 e. The predicted octanol–water partition coefficient (Wildman–Crippen LogP) is 6.88. The second-order valence-corrected chi connectivity index (χ2v) is 15.7. The van der Waals surface area contributed by atoms with Gasteiger partial charge in [-0.05, 0) is 80.7 Å². The highest BCUT2D eigenvalue weighted by molar-refractivity contribution is 6.74. The molecule has 4 nitrogen and oxygen atoms in total. The molecule has 0 atom stereocenters. The molecule has 0 amide bonds. The molecule has 1 aliphatic heterocycles. The Hall–Kier alpha value is -2.32. The van der Waals surface area contributed by atoms with Gasteiger partial charge in [0.25, 0.3) is 5.56 Å². The molecule has 3 rings (SSSR count). The Morgan fingerprint density at radius 2 is 1.76 bits per heavy atom. The zero-order chi connectivity index (χ0) is 25.5. The highest BCUT2D eigenvalue weighted by Crippen LogP contribution is 2.40. The number of pyridine rings is 1. The Morgan fingerprint density at radius 1 is 1.09 bits per heavy atom. The summed E-state index contributed by atoms with van der Waals surface area (Å²) in [7, 11) is -1.82. The number of hydrogen-bond donors (Lipinski definition) is 0. The van der Waals surface area contributed by atoms with Gasteiger partial charge in [-0.15, -0.1) is 0 Å². The summed E-state index contributed by atoms with van der Waals surface area (Å²) >= 11 is 0. The van der Waals surface area contributed by atoms with E-state index in [9.17, 15) is 18.0 Å². The van der Waals surface area contributed by atoms with Gasteiger partial charge in [-0.2, -0.15) is 13.2 Å². The topological polar surface area (TPSA) is 40.5 Å². The number of nitrogens with zero attached hydrogens (tertiary/aromatic N) is 1. The molecule has 0 spiro atoms. The highest BCUT2D eigenvalue weighted by atomic mass is 28.4. The van der Waals surface area contributed by atoms with Crippen LogP contribution in [0.2, 0.25) is 18.1 Å². The van der Waals surface area contributed by atoms with Crippen LogP contribution in [0.25, 0.3) is 5.70 Å². The molecule has 1 aromatic carbocycles. The summed E-state index contributed by atoms with van der Waals surface area (Å²) < 4.78 is 53.4. The van der Waals surface area contributed by atoms with Gasteiger partial charge in [0, 0.05) is 24.4 Å². The van der Waals surface area contributed by atoms with Crippen molar-refractivity contribution < 1.29 is 22.3 Å². The summed E-state index contributed by atoms with van der Waals surface area (Å²) in [6.07, 6.45) is 0.298. The maximum Gasteiger partial charge on any atom is 0.416 e.